The third-order valence-corrected chi connectivity index (χ3v) is 4.79. The molecule has 1 aromatic rings. The number of carbonyl (C=O) groups is 1. The maximum atomic E-state index is 12.5. The van der Waals surface area contributed by atoms with Crippen LogP contribution in [0.4, 0.5) is 5.69 Å². The van der Waals surface area contributed by atoms with Crippen molar-refractivity contribution in [2.45, 2.75) is 76.7 Å². The topological polar surface area (TPSA) is 72.2 Å². The number of hydrogen-bond donors (Lipinski definition) is 1. The van der Waals surface area contributed by atoms with Crippen molar-refractivity contribution in [2.75, 3.05) is 0 Å². The van der Waals surface area contributed by atoms with E-state index in [9.17, 15) is 14.9 Å². The lowest BCUT2D eigenvalue weighted by molar-refractivity contribution is -0.385. The molecule has 0 atom stereocenters. The second-order valence-corrected chi connectivity index (χ2v) is 6.70. The molecule has 24 heavy (non-hydrogen) atoms. The highest BCUT2D eigenvalue weighted by molar-refractivity contribution is 5.98. The number of nitro benzene ring substituents is 1. The molecule has 0 bridgehead atoms. The average Bonchev–Trinajstić information content (AvgIpc) is 2.57. The van der Waals surface area contributed by atoms with Gasteiger partial charge < -0.3 is 5.32 Å². The minimum Gasteiger partial charge on any atom is -0.349 e. The number of hydrogen-bond acceptors (Lipinski definition) is 3. The summed E-state index contributed by atoms with van der Waals surface area (Å²) in [6.07, 6.45) is 13.1. The quantitative estimate of drug-likeness (QED) is 0.625. The highest BCUT2D eigenvalue weighted by Gasteiger charge is 2.21. The summed E-state index contributed by atoms with van der Waals surface area (Å²) < 4.78 is 0. The molecule has 0 saturated heterocycles. The summed E-state index contributed by atoms with van der Waals surface area (Å²) in [7, 11) is 0. The lowest BCUT2D eigenvalue weighted by atomic mass is 9.97. The molecular weight excluding hydrogens is 304 g/mol. The van der Waals surface area contributed by atoms with E-state index in [4.69, 9.17) is 0 Å². The SMILES string of the molecule is O=C(NC1CCCCCCCCCCC1)c1ccccc1[N+](=O)[O-]. The molecular formula is C19H28N2O3. The number of carbonyl (C=O) groups excluding carboxylic acids is 1. The summed E-state index contributed by atoms with van der Waals surface area (Å²) in [5.41, 5.74) is 0.0387. The molecule has 0 radical (unpaired) electrons. The Morgan fingerprint density at radius 1 is 0.917 bits per heavy atom. The minimum absolute atomic E-state index is 0.122. The van der Waals surface area contributed by atoms with Gasteiger partial charge >= 0.3 is 0 Å². The lowest BCUT2D eigenvalue weighted by Crippen LogP contribution is -2.35. The van der Waals surface area contributed by atoms with E-state index in [2.05, 4.69) is 5.32 Å². The third-order valence-electron chi connectivity index (χ3n) is 4.79. The molecule has 0 heterocycles. The van der Waals surface area contributed by atoms with Gasteiger partial charge in [0, 0.05) is 12.1 Å². The minimum atomic E-state index is -0.490. The molecule has 1 aliphatic rings. The first-order valence-electron chi connectivity index (χ1n) is 9.23. The van der Waals surface area contributed by atoms with Crippen molar-refractivity contribution in [1.82, 2.24) is 5.32 Å². The third kappa shape index (κ3) is 5.95. The molecule has 2 rings (SSSR count). The van der Waals surface area contributed by atoms with Crippen molar-refractivity contribution < 1.29 is 9.72 Å². The van der Waals surface area contributed by atoms with E-state index in [0.717, 1.165) is 25.7 Å². The summed E-state index contributed by atoms with van der Waals surface area (Å²) in [4.78, 5) is 23.1. The Bertz CT molecular complexity index is 533. The summed E-state index contributed by atoms with van der Waals surface area (Å²) in [6, 6.07) is 6.30. The van der Waals surface area contributed by atoms with E-state index in [1.54, 1.807) is 12.1 Å². The zero-order valence-electron chi connectivity index (χ0n) is 14.3. The van der Waals surface area contributed by atoms with Crippen LogP contribution < -0.4 is 5.32 Å². The van der Waals surface area contributed by atoms with Gasteiger partial charge in [-0.05, 0) is 18.9 Å². The van der Waals surface area contributed by atoms with E-state index >= 15 is 0 Å². The van der Waals surface area contributed by atoms with Gasteiger partial charge in [-0.3, -0.25) is 14.9 Å². The molecule has 0 aliphatic heterocycles. The fraction of sp³-hybridized carbons (Fsp3) is 0.632. The van der Waals surface area contributed by atoms with Crippen LogP contribution in [0.25, 0.3) is 0 Å². The molecule has 5 nitrogen and oxygen atoms in total. The van der Waals surface area contributed by atoms with Gasteiger partial charge in [0.2, 0.25) is 0 Å². The molecule has 0 unspecified atom stereocenters. The van der Waals surface area contributed by atoms with Crippen LogP contribution in [0, 0.1) is 10.1 Å². The smallest absolute Gasteiger partial charge is 0.282 e. The zero-order valence-corrected chi connectivity index (χ0v) is 14.3. The van der Waals surface area contributed by atoms with Gasteiger partial charge in [0.15, 0.2) is 0 Å². The fourth-order valence-corrected chi connectivity index (χ4v) is 3.40. The van der Waals surface area contributed by atoms with Crippen LogP contribution in [-0.4, -0.2) is 16.9 Å². The average molecular weight is 332 g/mol. The first-order chi connectivity index (χ1) is 11.7. The maximum absolute atomic E-state index is 12.5. The normalized spacial score (nSPS) is 18.2. The van der Waals surface area contributed by atoms with Gasteiger partial charge in [-0.2, -0.15) is 0 Å². The molecule has 1 aliphatic carbocycles. The Balaban J connectivity index is 1.97. The van der Waals surface area contributed by atoms with Gasteiger partial charge in [0.05, 0.1) is 4.92 Å². The summed E-state index contributed by atoms with van der Waals surface area (Å²) >= 11 is 0. The van der Waals surface area contributed by atoms with Crippen LogP contribution in [0.5, 0.6) is 0 Å². The second kappa shape index (κ2) is 10.1. The Morgan fingerprint density at radius 3 is 1.96 bits per heavy atom. The monoisotopic (exact) mass is 332 g/mol. The van der Waals surface area contributed by atoms with E-state index in [0.29, 0.717) is 0 Å². The molecule has 1 aromatic carbocycles. The largest absolute Gasteiger partial charge is 0.349 e. The summed E-state index contributed by atoms with van der Waals surface area (Å²) in [5, 5.41) is 14.1. The highest BCUT2D eigenvalue weighted by Crippen LogP contribution is 2.20. The number of para-hydroxylation sites is 1. The molecule has 5 heteroatoms. The second-order valence-electron chi connectivity index (χ2n) is 6.70. The van der Waals surface area contributed by atoms with E-state index in [-0.39, 0.29) is 23.2 Å². The van der Waals surface area contributed by atoms with Gasteiger partial charge in [-0.1, -0.05) is 69.9 Å². The molecule has 1 fully saturated rings. The predicted molar refractivity (Wildman–Crippen MR) is 95.1 cm³/mol. The predicted octanol–water partition coefficient (Wildman–Crippen LogP) is 5.00. The summed E-state index contributed by atoms with van der Waals surface area (Å²) in [5.74, 6) is -0.320. The van der Waals surface area contributed by atoms with Crippen LogP contribution in [0.1, 0.15) is 81.0 Å². The Hall–Kier alpha value is -1.91. The first-order valence-corrected chi connectivity index (χ1v) is 9.23. The number of nitro groups is 1. The van der Waals surface area contributed by atoms with Crippen molar-refractivity contribution in [3.8, 4) is 0 Å². The van der Waals surface area contributed by atoms with Crippen molar-refractivity contribution in [3.05, 3.63) is 39.9 Å². The van der Waals surface area contributed by atoms with E-state index < -0.39 is 4.92 Å². The maximum Gasteiger partial charge on any atom is 0.282 e. The number of rotatable bonds is 3. The molecule has 1 N–H and O–H groups in total. The van der Waals surface area contributed by atoms with Crippen LogP contribution in [0.2, 0.25) is 0 Å². The van der Waals surface area contributed by atoms with Crippen LogP contribution in [-0.2, 0) is 0 Å². The Morgan fingerprint density at radius 2 is 1.42 bits per heavy atom. The number of nitrogens with zero attached hydrogens (tertiary/aromatic N) is 1. The van der Waals surface area contributed by atoms with Gasteiger partial charge in [-0.15, -0.1) is 0 Å². The Kier molecular flexibility index (Phi) is 7.72. The van der Waals surface area contributed by atoms with E-state index in [1.807, 2.05) is 0 Å². The van der Waals surface area contributed by atoms with Crippen LogP contribution in [0.3, 0.4) is 0 Å². The van der Waals surface area contributed by atoms with Crippen LogP contribution >= 0.6 is 0 Å². The van der Waals surface area contributed by atoms with Gasteiger partial charge in [0.1, 0.15) is 5.56 Å². The number of amides is 1. The van der Waals surface area contributed by atoms with Crippen molar-refractivity contribution in [2.24, 2.45) is 0 Å². The number of benzene rings is 1. The van der Waals surface area contributed by atoms with Crippen LogP contribution in [0.15, 0.2) is 24.3 Å². The molecule has 1 saturated carbocycles. The molecule has 0 spiro atoms. The van der Waals surface area contributed by atoms with Gasteiger partial charge in [0.25, 0.3) is 11.6 Å². The molecule has 1 amide bonds. The Labute approximate surface area is 144 Å². The van der Waals surface area contributed by atoms with Crippen molar-refractivity contribution >= 4 is 11.6 Å². The lowest BCUT2D eigenvalue weighted by Gasteiger charge is -2.19. The first kappa shape index (κ1) is 18.4. The van der Waals surface area contributed by atoms with Crippen molar-refractivity contribution in [1.29, 1.82) is 0 Å². The van der Waals surface area contributed by atoms with E-state index in [1.165, 1.54) is 57.1 Å². The van der Waals surface area contributed by atoms with Gasteiger partial charge in [-0.25, -0.2) is 0 Å². The summed E-state index contributed by atoms with van der Waals surface area (Å²) in [6.45, 7) is 0. The highest BCUT2D eigenvalue weighted by atomic mass is 16.6. The van der Waals surface area contributed by atoms with Crippen molar-refractivity contribution in [3.63, 3.8) is 0 Å². The number of nitrogens with one attached hydrogen (secondary N) is 1. The fourth-order valence-electron chi connectivity index (χ4n) is 3.40. The standard InChI is InChI=1S/C19H28N2O3/c22-19(17-14-10-11-15-18(17)21(23)24)20-16-12-8-6-4-2-1-3-5-7-9-13-16/h10-11,14-16H,1-9,12-13H2,(H,20,22). The molecule has 0 aromatic heterocycles. The molecule has 132 valence electrons. The zero-order chi connectivity index (χ0) is 17.2.